The van der Waals surface area contributed by atoms with Crippen LogP contribution in [0.2, 0.25) is 10.0 Å². The van der Waals surface area contributed by atoms with Crippen LogP contribution in [0.25, 0.3) is 10.2 Å². The SMILES string of the molecule is NC(Cc1c(Cl)cccc1Cl)c1cnc2ccsc2c1. The van der Waals surface area contributed by atoms with E-state index in [1.807, 2.05) is 35.8 Å². The summed E-state index contributed by atoms with van der Waals surface area (Å²) in [5, 5.41) is 3.33. The average molecular weight is 323 g/mol. The molecule has 0 bridgehead atoms. The van der Waals surface area contributed by atoms with E-state index in [0.717, 1.165) is 21.3 Å². The Labute approximate surface area is 131 Å². The maximum absolute atomic E-state index is 6.27. The van der Waals surface area contributed by atoms with Crippen molar-refractivity contribution in [3.05, 3.63) is 63.1 Å². The molecule has 2 heterocycles. The van der Waals surface area contributed by atoms with Crippen LogP contribution in [-0.2, 0) is 6.42 Å². The van der Waals surface area contributed by atoms with Gasteiger partial charge in [0.15, 0.2) is 0 Å². The Morgan fingerprint density at radius 1 is 1.20 bits per heavy atom. The van der Waals surface area contributed by atoms with E-state index in [2.05, 4.69) is 11.1 Å². The Balaban J connectivity index is 1.90. The Hall–Kier alpha value is -1.13. The molecule has 102 valence electrons. The van der Waals surface area contributed by atoms with Gasteiger partial charge >= 0.3 is 0 Å². The highest BCUT2D eigenvalue weighted by Gasteiger charge is 2.13. The third kappa shape index (κ3) is 2.67. The lowest BCUT2D eigenvalue weighted by Crippen LogP contribution is -2.14. The first-order valence-corrected chi connectivity index (χ1v) is 7.80. The summed E-state index contributed by atoms with van der Waals surface area (Å²) < 4.78 is 1.14. The second kappa shape index (κ2) is 5.70. The number of halogens is 2. The summed E-state index contributed by atoms with van der Waals surface area (Å²) in [5.41, 5.74) is 9.15. The lowest BCUT2D eigenvalue weighted by atomic mass is 10.0. The van der Waals surface area contributed by atoms with Crippen molar-refractivity contribution in [2.45, 2.75) is 12.5 Å². The summed E-state index contributed by atoms with van der Waals surface area (Å²) >= 11 is 14.0. The maximum Gasteiger partial charge on any atom is 0.0809 e. The summed E-state index contributed by atoms with van der Waals surface area (Å²) in [4.78, 5) is 4.41. The molecular formula is C15H12Cl2N2S. The highest BCUT2D eigenvalue weighted by atomic mass is 35.5. The number of pyridine rings is 1. The van der Waals surface area contributed by atoms with Gasteiger partial charge in [-0.25, -0.2) is 0 Å². The molecule has 1 aromatic carbocycles. The molecule has 0 spiro atoms. The van der Waals surface area contributed by atoms with Crippen LogP contribution in [0, 0.1) is 0 Å². The molecular weight excluding hydrogens is 311 g/mol. The van der Waals surface area contributed by atoms with Crippen LogP contribution in [0.3, 0.4) is 0 Å². The Morgan fingerprint density at radius 3 is 2.70 bits per heavy atom. The zero-order valence-corrected chi connectivity index (χ0v) is 12.8. The number of rotatable bonds is 3. The first kappa shape index (κ1) is 13.8. The minimum Gasteiger partial charge on any atom is -0.324 e. The van der Waals surface area contributed by atoms with Gasteiger partial charge in [0.25, 0.3) is 0 Å². The molecule has 2 N–H and O–H groups in total. The second-order valence-corrected chi connectivity index (χ2v) is 6.35. The van der Waals surface area contributed by atoms with Crippen LogP contribution in [-0.4, -0.2) is 4.98 Å². The molecule has 0 fully saturated rings. The first-order chi connectivity index (χ1) is 9.65. The fourth-order valence-corrected chi connectivity index (χ4v) is 3.47. The molecule has 0 aliphatic rings. The van der Waals surface area contributed by atoms with E-state index in [0.29, 0.717) is 16.5 Å². The predicted molar refractivity (Wildman–Crippen MR) is 86.7 cm³/mol. The van der Waals surface area contributed by atoms with Gasteiger partial charge in [0.05, 0.1) is 10.2 Å². The molecule has 5 heteroatoms. The third-order valence-electron chi connectivity index (χ3n) is 3.24. The van der Waals surface area contributed by atoms with E-state index in [-0.39, 0.29) is 6.04 Å². The average Bonchev–Trinajstić information content (AvgIpc) is 2.90. The van der Waals surface area contributed by atoms with Crippen LogP contribution in [0.5, 0.6) is 0 Å². The van der Waals surface area contributed by atoms with Crippen LogP contribution in [0.15, 0.2) is 41.9 Å². The Morgan fingerprint density at radius 2 is 1.95 bits per heavy atom. The van der Waals surface area contributed by atoms with Gasteiger partial charge in [-0.15, -0.1) is 11.3 Å². The zero-order valence-electron chi connectivity index (χ0n) is 10.5. The van der Waals surface area contributed by atoms with Crippen LogP contribution < -0.4 is 5.73 Å². The summed E-state index contributed by atoms with van der Waals surface area (Å²) in [7, 11) is 0. The van der Waals surface area contributed by atoms with E-state index < -0.39 is 0 Å². The van der Waals surface area contributed by atoms with Gasteiger partial charge in [-0.1, -0.05) is 29.3 Å². The van der Waals surface area contributed by atoms with Gasteiger partial charge in [-0.2, -0.15) is 0 Å². The second-order valence-electron chi connectivity index (χ2n) is 4.58. The van der Waals surface area contributed by atoms with Crippen molar-refractivity contribution in [1.29, 1.82) is 0 Å². The summed E-state index contributed by atoms with van der Waals surface area (Å²) in [6.07, 6.45) is 2.42. The van der Waals surface area contributed by atoms with Gasteiger partial charge in [-0.3, -0.25) is 4.98 Å². The fourth-order valence-electron chi connectivity index (χ4n) is 2.13. The van der Waals surface area contributed by atoms with Gasteiger partial charge in [-0.05, 0) is 47.2 Å². The molecule has 0 saturated carbocycles. The van der Waals surface area contributed by atoms with Crippen molar-refractivity contribution < 1.29 is 0 Å². The molecule has 3 aromatic rings. The van der Waals surface area contributed by atoms with Crippen molar-refractivity contribution in [3.8, 4) is 0 Å². The Bertz CT molecular complexity index is 734. The lowest BCUT2D eigenvalue weighted by Gasteiger charge is -2.14. The number of nitrogens with zero attached hydrogens (tertiary/aromatic N) is 1. The highest BCUT2D eigenvalue weighted by Crippen LogP contribution is 2.29. The molecule has 1 atom stereocenters. The molecule has 1 unspecified atom stereocenters. The van der Waals surface area contributed by atoms with Crippen LogP contribution >= 0.6 is 34.5 Å². The van der Waals surface area contributed by atoms with E-state index in [1.54, 1.807) is 11.3 Å². The van der Waals surface area contributed by atoms with Crippen molar-refractivity contribution in [2.75, 3.05) is 0 Å². The van der Waals surface area contributed by atoms with Gasteiger partial charge in [0.2, 0.25) is 0 Å². The highest BCUT2D eigenvalue weighted by molar-refractivity contribution is 7.17. The molecule has 0 aliphatic carbocycles. The molecule has 0 aliphatic heterocycles. The fraction of sp³-hybridized carbons (Fsp3) is 0.133. The molecule has 20 heavy (non-hydrogen) atoms. The number of hydrogen-bond donors (Lipinski definition) is 1. The van der Waals surface area contributed by atoms with Gasteiger partial charge in [0.1, 0.15) is 0 Å². The quantitative estimate of drug-likeness (QED) is 0.748. The third-order valence-corrected chi connectivity index (χ3v) is 4.80. The number of benzene rings is 1. The molecule has 3 rings (SSSR count). The van der Waals surface area contributed by atoms with Crippen LogP contribution in [0.4, 0.5) is 0 Å². The molecule has 2 nitrogen and oxygen atoms in total. The minimum atomic E-state index is -0.175. The topological polar surface area (TPSA) is 38.9 Å². The van der Waals surface area contributed by atoms with Crippen molar-refractivity contribution in [2.24, 2.45) is 5.73 Å². The molecule has 0 radical (unpaired) electrons. The van der Waals surface area contributed by atoms with Gasteiger partial charge in [0, 0.05) is 22.3 Å². The van der Waals surface area contributed by atoms with Crippen molar-refractivity contribution in [1.82, 2.24) is 4.98 Å². The van der Waals surface area contributed by atoms with Crippen molar-refractivity contribution in [3.63, 3.8) is 0 Å². The number of hydrogen-bond acceptors (Lipinski definition) is 3. The van der Waals surface area contributed by atoms with Gasteiger partial charge < -0.3 is 5.73 Å². The zero-order chi connectivity index (χ0) is 14.1. The van der Waals surface area contributed by atoms with Crippen molar-refractivity contribution >= 4 is 44.8 Å². The number of fused-ring (bicyclic) bond motifs is 1. The first-order valence-electron chi connectivity index (χ1n) is 6.17. The van der Waals surface area contributed by atoms with E-state index >= 15 is 0 Å². The number of nitrogens with two attached hydrogens (primary N) is 1. The number of thiophene rings is 1. The monoisotopic (exact) mass is 322 g/mol. The van der Waals surface area contributed by atoms with E-state index in [4.69, 9.17) is 28.9 Å². The molecule has 2 aromatic heterocycles. The summed E-state index contributed by atoms with van der Waals surface area (Å²) in [6.45, 7) is 0. The largest absolute Gasteiger partial charge is 0.324 e. The smallest absolute Gasteiger partial charge is 0.0809 e. The molecule has 0 saturated heterocycles. The predicted octanol–water partition coefficient (Wildman–Crippen LogP) is 4.85. The lowest BCUT2D eigenvalue weighted by molar-refractivity contribution is 0.720. The minimum absolute atomic E-state index is 0.175. The maximum atomic E-state index is 6.27. The number of aromatic nitrogens is 1. The van der Waals surface area contributed by atoms with E-state index in [9.17, 15) is 0 Å². The summed E-state index contributed by atoms with van der Waals surface area (Å²) in [6, 6.07) is 9.40. The molecule has 0 amide bonds. The van der Waals surface area contributed by atoms with E-state index in [1.165, 1.54) is 0 Å². The summed E-state index contributed by atoms with van der Waals surface area (Å²) in [5.74, 6) is 0. The normalized spacial score (nSPS) is 12.8. The Kier molecular flexibility index (Phi) is 3.94. The standard InChI is InChI=1S/C15H12Cl2N2S/c16-11-2-1-3-12(17)10(11)7-13(18)9-6-15-14(19-8-9)4-5-20-15/h1-6,8,13H,7,18H2. The van der Waals surface area contributed by atoms with Crippen LogP contribution in [0.1, 0.15) is 17.2 Å².